The summed E-state index contributed by atoms with van der Waals surface area (Å²) in [7, 11) is 0. The Kier molecular flexibility index (Phi) is 5.60. The Labute approximate surface area is 190 Å². The lowest BCUT2D eigenvalue weighted by Crippen LogP contribution is -2.52. The number of hydrogen-bond donors (Lipinski definition) is 2. The molecular formula is C26H35N3O3. The van der Waals surface area contributed by atoms with Gasteiger partial charge in [0.25, 0.3) is 5.91 Å². The van der Waals surface area contributed by atoms with Crippen molar-refractivity contribution in [1.29, 1.82) is 0 Å². The van der Waals surface area contributed by atoms with Crippen LogP contribution in [0.25, 0.3) is 0 Å². The minimum absolute atomic E-state index is 0.0928. The largest absolute Gasteiger partial charge is 0.322 e. The van der Waals surface area contributed by atoms with Crippen LogP contribution in [-0.4, -0.2) is 40.7 Å². The summed E-state index contributed by atoms with van der Waals surface area (Å²) in [5, 5.41) is 6.35. The van der Waals surface area contributed by atoms with Gasteiger partial charge in [0.2, 0.25) is 11.8 Å². The number of piperidine rings is 1. The number of amides is 3. The second-order valence-electron chi connectivity index (χ2n) is 10.8. The van der Waals surface area contributed by atoms with Gasteiger partial charge in [-0.3, -0.25) is 19.7 Å². The quantitative estimate of drug-likeness (QED) is 0.669. The molecule has 2 heterocycles. The molecule has 6 nitrogen and oxygen atoms in total. The van der Waals surface area contributed by atoms with Crippen LogP contribution in [0.4, 0.5) is 0 Å². The number of carbonyl (C=O) groups is 3. The molecule has 3 amide bonds. The minimum Gasteiger partial charge on any atom is -0.322 e. The summed E-state index contributed by atoms with van der Waals surface area (Å²) in [5.74, 6) is -0.0738. The first kappa shape index (κ1) is 21.6. The maximum absolute atomic E-state index is 12.9. The van der Waals surface area contributed by atoms with E-state index in [1.807, 2.05) is 6.07 Å². The first-order valence-corrected chi connectivity index (χ1v) is 12.4. The normalized spacial score (nSPS) is 30.1. The lowest BCUT2D eigenvalue weighted by atomic mass is 9.79. The zero-order valence-electron chi connectivity index (χ0n) is 19.3. The molecule has 0 spiro atoms. The molecule has 2 aliphatic heterocycles. The fourth-order valence-electron chi connectivity index (χ4n) is 5.88. The van der Waals surface area contributed by atoms with E-state index in [-0.39, 0.29) is 24.1 Å². The second-order valence-corrected chi connectivity index (χ2v) is 10.8. The molecule has 6 heteroatoms. The highest BCUT2D eigenvalue weighted by Gasteiger charge is 2.44. The average molecular weight is 438 g/mol. The van der Waals surface area contributed by atoms with Gasteiger partial charge in [-0.15, -0.1) is 0 Å². The van der Waals surface area contributed by atoms with Crippen LogP contribution in [-0.2, 0) is 22.6 Å². The van der Waals surface area contributed by atoms with Crippen LogP contribution in [0.15, 0.2) is 18.2 Å². The third kappa shape index (κ3) is 4.09. The van der Waals surface area contributed by atoms with Crippen LogP contribution >= 0.6 is 0 Å². The lowest BCUT2D eigenvalue weighted by molar-refractivity contribution is -0.136. The summed E-state index contributed by atoms with van der Waals surface area (Å²) in [6.45, 7) is 5.20. The highest BCUT2D eigenvalue weighted by molar-refractivity contribution is 6.05. The number of imide groups is 1. The molecular weight excluding hydrogens is 402 g/mol. The molecule has 0 aromatic heterocycles. The molecule has 2 N–H and O–H groups in total. The van der Waals surface area contributed by atoms with E-state index >= 15 is 0 Å². The van der Waals surface area contributed by atoms with Gasteiger partial charge in [0.1, 0.15) is 6.04 Å². The van der Waals surface area contributed by atoms with Crippen molar-refractivity contribution in [3.05, 3.63) is 34.9 Å². The molecule has 1 saturated heterocycles. The van der Waals surface area contributed by atoms with Gasteiger partial charge in [-0.1, -0.05) is 31.9 Å². The fourth-order valence-corrected chi connectivity index (χ4v) is 5.88. The third-order valence-corrected chi connectivity index (χ3v) is 8.54. The first-order valence-electron chi connectivity index (χ1n) is 12.4. The zero-order valence-corrected chi connectivity index (χ0v) is 19.3. The molecule has 1 aromatic carbocycles. The fraction of sp³-hybridized carbons (Fsp3) is 0.654. The van der Waals surface area contributed by atoms with E-state index < -0.39 is 6.04 Å². The van der Waals surface area contributed by atoms with Gasteiger partial charge < -0.3 is 10.2 Å². The third-order valence-electron chi connectivity index (χ3n) is 8.54. The van der Waals surface area contributed by atoms with E-state index in [4.69, 9.17) is 0 Å². The number of benzene rings is 1. The van der Waals surface area contributed by atoms with E-state index in [0.29, 0.717) is 41.9 Å². The first-order chi connectivity index (χ1) is 15.3. The van der Waals surface area contributed by atoms with Gasteiger partial charge in [0.15, 0.2) is 0 Å². The van der Waals surface area contributed by atoms with Crippen LogP contribution in [0, 0.1) is 11.3 Å². The molecule has 172 valence electrons. The topological polar surface area (TPSA) is 78.5 Å². The van der Waals surface area contributed by atoms with Crippen LogP contribution in [0.1, 0.15) is 86.7 Å². The highest BCUT2D eigenvalue weighted by atomic mass is 16.2. The van der Waals surface area contributed by atoms with Crippen molar-refractivity contribution in [2.24, 2.45) is 11.3 Å². The standard InChI is InChI=1S/C26H35N3O3/c1-16(26(2)11-12-26)27-21-6-4-3-5-18(21)13-17-7-8-20-19(14-17)15-29(25(20)32)22-9-10-23(30)28-24(22)31/h7-8,14,16,18,21-22,27H,3-6,9-13,15H2,1-2H3,(H,28,30,31)/t16-,18-,21+,22?/m1/s1. The van der Waals surface area contributed by atoms with Crippen molar-refractivity contribution in [3.8, 4) is 0 Å². The number of carbonyl (C=O) groups excluding carboxylic acids is 3. The molecule has 4 atom stereocenters. The Morgan fingerprint density at radius 2 is 1.94 bits per heavy atom. The maximum Gasteiger partial charge on any atom is 0.255 e. The summed E-state index contributed by atoms with van der Waals surface area (Å²) in [4.78, 5) is 38.3. The Morgan fingerprint density at radius 3 is 2.69 bits per heavy atom. The van der Waals surface area contributed by atoms with Crippen molar-refractivity contribution in [2.45, 2.75) is 96.3 Å². The Balaban J connectivity index is 1.27. The Hall–Kier alpha value is -2.21. The number of nitrogens with one attached hydrogen (secondary N) is 2. The Morgan fingerprint density at radius 1 is 1.16 bits per heavy atom. The number of hydrogen-bond acceptors (Lipinski definition) is 4. The molecule has 2 aliphatic carbocycles. The highest BCUT2D eigenvalue weighted by Crippen LogP contribution is 2.48. The summed E-state index contributed by atoms with van der Waals surface area (Å²) < 4.78 is 0. The van der Waals surface area contributed by atoms with Gasteiger partial charge in [0, 0.05) is 30.6 Å². The smallest absolute Gasteiger partial charge is 0.255 e. The average Bonchev–Trinajstić information content (AvgIpc) is 3.44. The number of nitrogens with zero attached hydrogens (tertiary/aromatic N) is 1. The van der Waals surface area contributed by atoms with Gasteiger partial charge in [-0.05, 0) is 74.0 Å². The molecule has 1 unspecified atom stereocenters. The monoisotopic (exact) mass is 437 g/mol. The van der Waals surface area contributed by atoms with Crippen LogP contribution in [0.3, 0.4) is 0 Å². The number of fused-ring (bicyclic) bond motifs is 1. The molecule has 4 aliphatic rings. The summed E-state index contributed by atoms with van der Waals surface area (Å²) in [6, 6.07) is 6.79. The maximum atomic E-state index is 12.9. The van der Waals surface area contributed by atoms with Gasteiger partial charge >= 0.3 is 0 Å². The SMILES string of the molecule is C[C@@H](N[C@H]1CCCC[C@@H]1Cc1ccc2c(c1)CN(C1CCC(=O)NC1=O)C2=O)C1(C)CC1. The number of rotatable bonds is 6. The van der Waals surface area contributed by atoms with E-state index in [2.05, 4.69) is 36.6 Å². The van der Waals surface area contributed by atoms with Crippen LogP contribution in [0.2, 0.25) is 0 Å². The predicted octanol–water partition coefficient (Wildman–Crippen LogP) is 3.33. The van der Waals surface area contributed by atoms with Crippen LogP contribution in [0.5, 0.6) is 0 Å². The second kappa shape index (κ2) is 8.29. The zero-order chi connectivity index (χ0) is 22.5. The molecule has 2 saturated carbocycles. The van der Waals surface area contributed by atoms with E-state index in [0.717, 1.165) is 12.0 Å². The van der Waals surface area contributed by atoms with Crippen molar-refractivity contribution < 1.29 is 14.4 Å². The van der Waals surface area contributed by atoms with Crippen molar-refractivity contribution in [2.75, 3.05) is 0 Å². The molecule has 0 bridgehead atoms. The van der Waals surface area contributed by atoms with Gasteiger partial charge in [-0.25, -0.2) is 0 Å². The molecule has 5 rings (SSSR count). The van der Waals surface area contributed by atoms with Crippen LogP contribution < -0.4 is 10.6 Å². The summed E-state index contributed by atoms with van der Waals surface area (Å²) in [5.41, 5.74) is 3.48. The van der Waals surface area contributed by atoms with Crippen molar-refractivity contribution in [1.82, 2.24) is 15.5 Å². The van der Waals surface area contributed by atoms with E-state index in [9.17, 15) is 14.4 Å². The van der Waals surface area contributed by atoms with E-state index in [1.165, 1.54) is 44.1 Å². The Bertz CT molecular complexity index is 938. The van der Waals surface area contributed by atoms with Crippen molar-refractivity contribution >= 4 is 17.7 Å². The summed E-state index contributed by atoms with van der Waals surface area (Å²) in [6.07, 6.45) is 9.48. The predicted molar refractivity (Wildman–Crippen MR) is 122 cm³/mol. The van der Waals surface area contributed by atoms with Gasteiger partial charge in [0.05, 0.1) is 0 Å². The van der Waals surface area contributed by atoms with Crippen molar-refractivity contribution in [3.63, 3.8) is 0 Å². The van der Waals surface area contributed by atoms with E-state index in [1.54, 1.807) is 4.90 Å². The molecule has 32 heavy (non-hydrogen) atoms. The minimum atomic E-state index is -0.548. The summed E-state index contributed by atoms with van der Waals surface area (Å²) >= 11 is 0. The molecule has 0 radical (unpaired) electrons. The van der Waals surface area contributed by atoms with Gasteiger partial charge in [-0.2, -0.15) is 0 Å². The molecule has 1 aromatic rings. The lowest BCUT2D eigenvalue weighted by Gasteiger charge is -2.36. The molecule has 3 fully saturated rings.